The zero-order valence-corrected chi connectivity index (χ0v) is 10.2. The zero-order chi connectivity index (χ0) is 13.1. The molecule has 1 atom stereocenters. The zero-order valence-electron chi connectivity index (χ0n) is 10.2. The Hall–Kier alpha value is -1.96. The Bertz CT molecular complexity index is 452. The molecule has 1 aliphatic rings. The van der Waals surface area contributed by atoms with Crippen molar-refractivity contribution in [2.24, 2.45) is 5.84 Å². The molecule has 1 saturated heterocycles. The third kappa shape index (κ3) is 2.06. The summed E-state index contributed by atoms with van der Waals surface area (Å²) in [5.41, 5.74) is 2.10. The molecule has 0 aliphatic carbocycles. The molecule has 0 bridgehead atoms. The minimum atomic E-state index is -0.491. The van der Waals surface area contributed by atoms with Gasteiger partial charge in [0.15, 0.2) is 0 Å². The van der Waals surface area contributed by atoms with Crippen molar-refractivity contribution in [3.8, 4) is 0 Å². The maximum atomic E-state index is 11.2. The molecule has 2 rings (SSSR count). The minimum Gasteiger partial charge on any atom is -0.348 e. The number of hydrazine groups is 1. The van der Waals surface area contributed by atoms with Crippen LogP contribution < -0.4 is 16.2 Å². The summed E-state index contributed by atoms with van der Waals surface area (Å²) in [6.07, 6.45) is 4.28. The van der Waals surface area contributed by atoms with E-state index in [2.05, 4.69) is 22.3 Å². The molecular weight excluding hydrogens is 236 g/mol. The fraction of sp³-hybridized carbons (Fsp3) is 0.600. The van der Waals surface area contributed by atoms with Crippen LogP contribution in [0.1, 0.15) is 26.2 Å². The van der Waals surface area contributed by atoms with E-state index in [4.69, 9.17) is 5.84 Å². The first-order valence-electron chi connectivity index (χ1n) is 5.91. The molecule has 98 valence electrons. The van der Waals surface area contributed by atoms with E-state index in [0.29, 0.717) is 11.9 Å². The Kier molecular flexibility index (Phi) is 3.56. The SMILES string of the molecule is CCC1CCCN1c1ncnc(NN)c1[N+](=O)[O-]. The van der Waals surface area contributed by atoms with E-state index in [0.717, 1.165) is 25.8 Å². The Labute approximate surface area is 104 Å². The van der Waals surface area contributed by atoms with Gasteiger partial charge >= 0.3 is 5.69 Å². The van der Waals surface area contributed by atoms with E-state index >= 15 is 0 Å². The lowest BCUT2D eigenvalue weighted by Gasteiger charge is -2.24. The molecule has 0 spiro atoms. The van der Waals surface area contributed by atoms with Crippen LogP contribution in [-0.2, 0) is 0 Å². The molecule has 1 fully saturated rings. The van der Waals surface area contributed by atoms with Crippen molar-refractivity contribution in [3.63, 3.8) is 0 Å². The molecule has 0 radical (unpaired) electrons. The molecule has 0 aromatic carbocycles. The van der Waals surface area contributed by atoms with Gasteiger partial charge < -0.3 is 10.3 Å². The summed E-state index contributed by atoms with van der Waals surface area (Å²) in [6, 6.07) is 0.296. The number of aromatic nitrogens is 2. The van der Waals surface area contributed by atoms with Gasteiger partial charge in [0.1, 0.15) is 6.33 Å². The Morgan fingerprint density at radius 3 is 3.06 bits per heavy atom. The number of nitrogen functional groups attached to an aromatic ring is 1. The van der Waals surface area contributed by atoms with Crippen LogP contribution >= 0.6 is 0 Å². The van der Waals surface area contributed by atoms with Gasteiger partial charge in [0, 0.05) is 12.6 Å². The molecule has 3 N–H and O–H groups in total. The number of nitrogens with one attached hydrogen (secondary N) is 1. The third-order valence-corrected chi connectivity index (χ3v) is 3.24. The smallest absolute Gasteiger partial charge is 0.348 e. The highest BCUT2D eigenvalue weighted by Crippen LogP contribution is 2.35. The van der Waals surface area contributed by atoms with Gasteiger partial charge in [0.25, 0.3) is 0 Å². The summed E-state index contributed by atoms with van der Waals surface area (Å²) >= 11 is 0. The molecule has 2 heterocycles. The highest BCUT2D eigenvalue weighted by atomic mass is 16.6. The van der Waals surface area contributed by atoms with Crippen LogP contribution in [0.15, 0.2) is 6.33 Å². The predicted molar refractivity (Wildman–Crippen MR) is 67.2 cm³/mol. The van der Waals surface area contributed by atoms with Gasteiger partial charge in [0.2, 0.25) is 11.6 Å². The maximum Gasteiger partial charge on any atom is 0.354 e. The molecular formula is C10H16N6O2. The average molecular weight is 252 g/mol. The Morgan fingerprint density at radius 2 is 2.44 bits per heavy atom. The fourth-order valence-electron chi connectivity index (χ4n) is 2.39. The van der Waals surface area contributed by atoms with E-state index in [1.807, 2.05) is 4.90 Å². The lowest BCUT2D eigenvalue weighted by Crippen LogP contribution is -2.30. The van der Waals surface area contributed by atoms with Gasteiger partial charge in [-0.25, -0.2) is 15.8 Å². The van der Waals surface area contributed by atoms with Crippen molar-refractivity contribution in [2.75, 3.05) is 16.9 Å². The molecule has 8 nitrogen and oxygen atoms in total. The first kappa shape index (κ1) is 12.5. The Balaban J connectivity index is 2.46. The largest absolute Gasteiger partial charge is 0.354 e. The lowest BCUT2D eigenvalue weighted by atomic mass is 10.2. The molecule has 0 amide bonds. The normalized spacial score (nSPS) is 19.0. The molecule has 8 heteroatoms. The van der Waals surface area contributed by atoms with Crippen LogP contribution in [0.5, 0.6) is 0 Å². The summed E-state index contributed by atoms with van der Waals surface area (Å²) in [5, 5.41) is 11.2. The van der Waals surface area contributed by atoms with Crippen LogP contribution in [0.3, 0.4) is 0 Å². The van der Waals surface area contributed by atoms with Crippen LogP contribution in [0, 0.1) is 10.1 Å². The van der Waals surface area contributed by atoms with Gasteiger partial charge in [-0.15, -0.1) is 0 Å². The van der Waals surface area contributed by atoms with Crippen LogP contribution in [0.4, 0.5) is 17.3 Å². The fourth-order valence-corrected chi connectivity index (χ4v) is 2.39. The first-order chi connectivity index (χ1) is 8.69. The number of nitro groups is 1. The average Bonchev–Trinajstić information content (AvgIpc) is 2.85. The van der Waals surface area contributed by atoms with Crippen LogP contribution in [0.2, 0.25) is 0 Å². The van der Waals surface area contributed by atoms with Gasteiger partial charge in [-0.2, -0.15) is 0 Å². The molecule has 0 saturated carbocycles. The first-order valence-corrected chi connectivity index (χ1v) is 5.91. The summed E-state index contributed by atoms with van der Waals surface area (Å²) in [4.78, 5) is 20.5. The number of nitrogens with zero attached hydrogens (tertiary/aromatic N) is 4. The van der Waals surface area contributed by atoms with Crippen molar-refractivity contribution in [2.45, 2.75) is 32.2 Å². The quantitative estimate of drug-likeness (QED) is 0.468. The summed E-state index contributed by atoms with van der Waals surface area (Å²) in [6.45, 7) is 2.85. The molecule has 18 heavy (non-hydrogen) atoms. The van der Waals surface area contributed by atoms with Crippen molar-refractivity contribution in [1.29, 1.82) is 0 Å². The van der Waals surface area contributed by atoms with Gasteiger partial charge in [0.05, 0.1) is 4.92 Å². The second kappa shape index (κ2) is 5.13. The number of rotatable bonds is 4. The monoisotopic (exact) mass is 252 g/mol. The predicted octanol–water partition coefficient (Wildman–Crippen LogP) is 1.05. The summed E-state index contributed by atoms with van der Waals surface area (Å²) < 4.78 is 0. The summed E-state index contributed by atoms with van der Waals surface area (Å²) in [7, 11) is 0. The third-order valence-electron chi connectivity index (χ3n) is 3.24. The Morgan fingerprint density at radius 1 is 1.67 bits per heavy atom. The maximum absolute atomic E-state index is 11.2. The topological polar surface area (TPSA) is 110 Å². The van der Waals surface area contributed by atoms with Crippen molar-refractivity contribution in [1.82, 2.24) is 9.97 Å². The number of anilines is 2. The van der Waals surface area contributed by atoms with Gasteiger partial charge in [-0.1, -0.05) is 6.92 Å². The van der Waals surface area contributed by atoms with Gasteiger partial charge in [-0.05, 0) is 19.3 Å². The molecule has 1 aromatic rings. The highest BCUT2D eigenvalue weighted by molar-refractivity contribution is 5.70. The van der Waals surface area contributed by atoms with E-state index in [1.165, 1.54) is 6.33 Å². The molecule has 1 aliphatic heterocycles. The van der Waals surface area contributed by atoms with Crippen molar-refractivity contribution in [3.05, 3.63) is 16.4 Å². The molecule has 1 aromatic heterocycles. The van der Waals surface area contributed by atoms with Crippen LogP contribution in [-0.4, -0.2) is 27.5 Å². The van der Waals surface area contributed by atoms with Crippen molar-refractivity contribution >= 4 is 17.3 Å². The van der Waals surface area contributed by atoms with E-state index < -0.39 is 4.92 Å². The molecule has 1 unspecified atom stereocenters. The number of nitrogens with two attached hydrogens (primary N) is 1. The van der Waals surface area contributed by atoms with E-state index in [-0.39, 0.29) is 11.5 Å². The minimum absolute atomic E-state index is 0.0479. The lowest BCUT2D eigenvalue weighted by molar-refractivity contribution is -0.383. The van der Waals surface area contributed by atoms with Crippen LogP contribution in [0.25, 0.3) is 0 Å². The van der Waals surface area contributed by atoms with Gasteiger partial charge in [-0.3, -0.25) is 10.1 Å². The second-order valence-corrected chi connectivity index (χ2v) is 4.19. The standard InChI is InChI=1S/C10H16N6O2/c1-2-7-4-3-5-15(7)10-8(16(17)18)9(14-11)12-6-13-10/h6-7H,2-5,11H2,1H3,(H,12,13,14). The number of hydrogen-bond donors (Lipinski definition) is 2. The summed E-state index contributed by atoms with van der Waals surface area (Å²) in [5.74, 6) is 5.66. The second-order valence-electron chi connectivity index (χ2n) is 4.19. The van der Waals surface area contributed by atoms with Crippen molar-refractivity contribution < 1.29 is 4.92 Å². The highest BCUT2D eigenvalue weighted by Gasteiger charge is 2.32. The van der Waals surface area contributed by atoms with E-state index in [1.54, 1.807) is 0 Å². The van der Waals surface area contributed by atoms with E-state index in [9.17, 15) is 10.1 Å². The number of hydrogen-bond acceptors (Lipinski definition) is 7.